The van der Waals surface area contributed by atoms with Gasteiger partial charge in [-0.1, -0.05) is 26.0 Å². The number of anilines is 1. The second-order valence-electron chi connectivity index (χ2n) is 6.32. The van der Waals surface area contributed by atoms with E-state index >= 15 is 0 Å². The number of benzene rings is 2. The Morgan fingerprint density at radius 3 is 2.38 bits per heavy atom. The highest BCUT2D eigenvalue weighted by Crippen LogP contribution is 2.15. The number of nitrogens with one attached hydrogen (secondary N) is 2. The largest absolute Gasteiger partial charge is 0.497 e. The highest BCUT2D eigenvalue weighted by Gasteiger charge is 2.20. The highest BCUT2D eigenvalue weighted by atomic mass is 16.5. The molecular weight excluding hydrogens is 332 g/mol. The van der Waals surface area contributed by atoms with E-state index in [2.05, 4.69) is 10.6 Å². The second-order valence-corrected chi connectivity index (χ2v) is 6.32. The molecule has 138 valence electrons. The molecule has 0 fully saturated rings. The van der Waals surface area contributed by atoms with Crippen molar-refractivity contribution >= 4 is 17.6 Å². The van der Waals surface area contributed by atoms with Crippen LogP contribution in [0.5, 0.6) is 5.75 Å². The quantitative estimate of drug-likeness (QED) is 0.676. The molecule has 0 aromatic heterocycles. The van der Waals surface area contributed by atoms with Gasteiger partial charge in [0.25, 0.3) is 5.91 Å². The molecule has 0 aliphatic carbocycles. The van der Waals surface area contributed by atoms with Crippen LogP contribution in [0.2, 0.25) is 0 Å². The Hall–Kier alpha value is -2.86. The smallest absolute Gasteiger partial charge is 0.320 e. The molecule has 2 rings (SSSR count). The summed E-state index contributed by atoms with van der Waals surface area (Å²) in [5.74, 6) is -0.425. The minimum absolute atomic E-state index is 0.0227. The van der Waals surface area contributed by atoms with Gasteiger partial charge in [0.05, 0.1) is 7.11 Å². The van der Waals surface area contributed by atoms with Crippen LogP contribution in [0.1, 0.15) is 29.8 Å². The lowest BCUT2D eigenvalue weighted by atomic mass is 10.0. The molecule has 1 amide bonds. The van der Waals surface area contributed by atoms with Crippen molar-refractivity contribution in [2.45, 2.75) is 26.4 Å². The number of carbonyl (C=O) groups is 2. The molecule has 0 saturated carbocycles. The van der Waals surface area contributed by atoms with Gasteiger partial charge in [0.15, 0.2) is 0 Å². The van der Waals surface area contributed by atoms with Gasteiger partial charge >= 0.3 is 5.97 Å². The summed E-state index contributed by atoms with van der Waals surface area (Å²) in [5, 5.41) is 15.1. The first-order valence-corrected chi connectivity index (χ1v) is 8.41. The van der Waals surface area contributed by atoms with Crippen molar-refractivity contribution in [2.24, 2.45) is 5.92 Å². The fourth-order valence-electron chi connectivity index (χ4n) is 2.54. The molecule has 1 atom stereocenters. The number of amides is 1. The lowest BCUT2D eigenvalue weighted by Crippen LogP contribution is -2.40. The summed E-state index contributed by atoms with van der Waals surface area (Å²) in [6.45, 7) is 4.12. The maximum Gasteiger partial charge on any atom is 0.320 e. The minimum Gasteiger partial charge on any atom is -0.497 e. The van der Waals surface area contributed by atoms with E-state index < -0.39 is 12.0 Å². The molecule has 0 radical (unpaired) electrons. The predicted octanol–water partition coefficient (Wildman–Crippen LogP) is 3.15. The molecule has 3 N–H and O–H groups in total. The summed E-state index contributed by atoms with van der Waals surface area (Å²) in [4.78, 5) is 23.6. The lowest BCUT2D eigenvalue weighted by molar-refractivity contribution is -0.140. The fourth-order valence-corrected chi connectivity index (χ4v) is 2.54. The molecule has 6 heteroatoms. The molecule has 0 aliphatic rings. The van der Waals surface area contributed by atoms with Crippen molar-refractivity contribution in [3.05, 3.63) is 59.7 Å². The van der Waals surface area contributed by atoms with E-state index in [1.807, 2.05) is 32.0 Å². The van der Waals surface area contributed by atoms with Gasteiger partial charge in [-0.25, -0.2) is 0 Å². The molecule has 6 nitrogen and oxygen atoms in total. The van der Waals surface area contributed by atoms with Gasteiger partial charge < -0.3 is 20.5 Å². The summed E-state index contributed by atoms with van der Waals surface area (Å²) >= 11 is 0. The van der Waals surface area contributed by atoms with Gasteiger partial charge in [-0.3, -0.25) is 9.59 Å². The second kappa shape index (κ2) is 9.01. The number of carboxylic acid groups (broad SMARTS) is 1. The number of hydrogen-bond donors (Lipinski definition) is 3. The fraction of sp³-hybridized carbons (Fsp3) is 0.300. The molecule has 2 aromatic carbocycles. The summed E-state index contributed by atoms with van der Waals surface area (Å²) in [5.41, 5.74) is 2.08. The maximum atomic E-state index is 12.3. The van der Waals surface area contributed by atoms with Crippen LogP contribution in [-0.2, 0) is 11.3 Å². The SMILES string of the molecule is COc1ccc(C(=O)Nc2cccc(CN[C@@H](C(=O)O)C(C)C)c2)cc1. The van der Waals surface area contributed by atoms with Crippen LogP contribution in [0.3, 0.4) is 0 Å². The zero-order valence-electron chi connectivity index (χ0n) is 15.2. The van der Waals surface area contributed by atoms with Crippen molar-refractivity contribution in [1.82, 2.24) is 5.32 Å². The van der Waals surface area contributed by atoms with Crippen LogP contribution in [0.25, 0.3) is 0 Å². The third-order valence-electron chi connectivity index (χ3n) is 4.00. The standard InChI is InChI=1S/C20H24N2O4/c1-13(2)18(20(24)25)21-12-14-5-4-6-16(11-14)22-19(23)15-7-9-17(26-3)10-8-15/h4-11,13,18,21H,12H2,1-3H3,(H,22,23)(H,24,25)/t18-/m1/s1. The van der Waals surface area contributed by atoms with Crippen LogP contribution >= 0.6 is 0 Å². The van der Waals surface area contributed by atoms with E-state index in [0.717, 1.165) is 5.56 Å². The average molecular weight is 356 g/mol. The van der Waals surface area contributed by atoms with Gasteiger partial charge in [0.1, 0.15) is 11.8 Å². The number of aliphatic carboxylic acids is 1. The topological polar surface area (TPSA) is 87.7 Å². The zero-order chi connectivity index (χ0) is 19.1. The molecule has 0 spiro atoms. The Bertz CT molecular complexity index is 757. The summed E-state index contributed by atoms with van der Waals surface area (Å²) < 4.78 is 5.08. The lowest BCUT2D eigenvalue weighted by Gasteiger charge is -2.18. The molecule has 0 bridgehead atoms. The third kappa shape index (κ3) is 5.32. The van der Waals surface area contributed by atoms with Crippen LogP contribution in [0.15, 0.2) is 48.5 Å². The van der Waals surface area contributed by atoms with Crippen LogP contribution in [0.4, 0.5) is 5.69 Å². The zero-order valence-corrected chi connectivity index (χ0v) is 15.2. The predicted molar refractivity (Wildman–Crippen MR) is 100 cm³/mol. The third-order valence-corrected chi connectivity index (χ3v) is 4.00. The van der Waals surface area contributed by atoms with Crippen molar-refractivity contribution in [3.8, 4) is 5.75 Å². The van der Waals surface area contributed by atoms with Gasteiger partial charge in [0, 0.05) is 17.8 Å². The van der Waals surface area contributed by atoms with E-state index in [1.54, 1.807) is 37.4 Å². The van der Waals surface area contributed by atoms with Crippen molar-refractivity contribution in [1.29, 1.82) is 0 Å². The van der Waals surface area contributed by atoms with E-state index in [0.29, 0.717) is 23.5 Å². The van der Waals surface area contributed by atoms with Crippen molar-refractivity contribution in [3.63, 3.8) is 0 Å². The molecule has 2 aromatic rings. The number of ether oxygens (including phenoxy) is 1. The van der Waals surface area contributed by atoms with Gasteiger partial charge in [-0.2, -0.15) is 0 Å². The first-order valence-electron chi connectivity index (χ1n) is 8.41. The molecule has 0 saturated heterocycles. The first-order chi connectivity index (χ1) is 12.4. The maximum absolute atomic E-state index is 12.3. The Kier molecular flexibility index (Phi) is 6.74. The Balaban J connectivity index is 2.01. The number of rotatable bonds is 8. The van der Waals surface area contributed by atoms with Crippen LogP contribution in [-0.4, -0.2) is 30.1 Å². The summed E-state index contributed by atoms with van der Waals surface area (Å²) in [6.07, 6.45) is 0. The minimum atomic E-state index is -0.871. The Morgan fingerprint density at radius 1 is 1.12 bits per heavy atom. The van der Waals surface area contributed by atoms with E-state index in [9.17, 15) is 14.7 Å². The van der Waals surface area contributed by atoms with E-state index in [-0.39, 0.29) is 11.8 Å². The van der Waals surface area contributed by atoms with Gasteiger partial charge in [0.2, 0.25) is 0 Å². The molecule has 0 aliphatic heterocycles. The Labute approximate surface area is 153 Å². The van der Waals surface area contributed by atoms with Crippen molar-refractivity contribution < 1.29 is 19.4 Å². The van der Waals surface area contributed by atoms with Gasteiger partial charge in [-0.15, -0.1) is 0 Å². The Morgan fingerprint density at radius 2 is 1.81 bits per heavy atom. The monoisotopic (exact) mass is 356 g/mol. The van der Waals surface area contributed by atoms with Crippen molar-refractivity contribution in [2.75, 3.05) is 12.4 Å². The first kappa shape index (κ1) is 19.5. The number of hydrogen-bond acceptors (Lipinski definition) is 4. The van der Waals surface area contributed by atoms with E-state index in [1.165, 1.54) is 0 Å². The number of carboxylic acids is 1. The van der Waals surface area contributed by atoms with Crippen LogP contribution < -0.4 is 15.4 Å². The molecule has 0 heterocycles. The summed E-state index contributed by atoms with van der Waals surface area (Å²) in [6, 6.07) is 13.6. The number of carbonyl (C=O) groups excluding carboxylic acids is 1. The summed E-state index contributed by atoms with van der Waals surface area (Å²) in [7, 11) is 1.57. The number of methoxy groups -OCH3 is 1. The normalized spacial score (nSPS) is 11.8. The highest BCUT2D eigenvalue weighted by molar-refractivity contribution is 6.04. The molecule has 0 unspecified atom stereocenters. The average Bonchev–Trinajstić information content (AvgIpc) is 2.61. The molecular formula is C20H24N2O4. The van der Waals surface area contributed by atoms with Crippen LogP contribution in [0, 0.1) is 5.92 Å². The molecule has 26 heavy (non-hydrogen) atoms. The van der Waals surface area contributed by atoms with E-state index in [4.69, 9.17) is 4.74 Å². The van der Waals surface area contributed by atoms with Gasteiger partial charge in [-0.05, 0) is 47.9 Å².